The topological polar surface area (TPSA) is 58.6 Å². The highest BCUT2D eigenvalue weighted by molar-refractivity contribution is 5.82. The van der Waals surface area contributed by atoms with Crippen LogP contribution in [0.3, 0.4) is 0 Å². The Bertz CT molecular complexity index is 282. The minimum Gasteiger partial charge on any atom is -0.481 e. The van der Waals surface area contributed by atoms with Gasteiger partial charge in [-0.25, -0.2) is 0 Å². The van der Waals surface area contributed by atoms with E-state index in [1.54, 1.807) is 6.20 Å². The van der Waals surface area contributed by atoms with Crippen molar-refractivity contribution < 1.29 is 14.7 Å². The second-order valence-electron chi connectivity index (χ2n) is 4.92. The average molecular weight is 213 g/mol. The standard InChI is InChI=1S/C11H19NO3/c1-7(2)6-15-12-5-8-9(10(13)14)11(8,3)4/h5,7,9,12H,6H2,1-4H3,(H,13,14)/t9-/m0/s1. The molecule has 0 amide bonds. The molecule has 15 heavy (non-hydrogen) atoms. The van der Waals surface area contributed by atoms with E-state index in [4.69, 9.17) is 9.94 Å². The molecule has 0 aromatic carbocycles. The molecule has 0 aromatic rings. The molecule has 0 bridgehead atoms. The maximum Gasteiger partial charge on any atom is 0.311 e. The highest BCUT2D eigenvalue weighted by Crippen LogP contribution is 2.57. The summed E-state index contributed by atoms with van der Waals surface area (Å²) in [6, 6.07) is 0. The molecule has 1 aliphatic rings. The maximum atomic E-state index is 10.8. The van der Waals surface area contributed by atoms with E-state index in [1.807, 2.05) is 13.8 Å². The van der Waals surface area contributed by atoms with Gasteiger partial charge in [0.15, 0.2) is 0 Å². The number of carboxylic acid groups (broad SMARTS) is 1. The number of rotatable bonds is 5. The highest BCUT2D eigenvalue weighted by atomic mass is 16.6. The van der Waals surface area contributed by atoms with Crippen molar-refractivity contribution in [1.29, 1.82) is 0 Å². The molecule has 1 saturated carbocycles. The van der Waals surface area contributed by atoms with Crippen LogP contribution in [0.4, 0.5) is 0 Å². The minimum atomic E-state index is -0.767. The lowest BCUT2D eigenvalue weighted by molar-refractivity contribution is -0.139. The summed E-state index contributed by atoms with van der Waals surface area (Å²) in [5, 5.41) is 8.89. The second-order valence-corrected chi connectivity index (χ2v) is 4.92. The summed E-state index contributed by atoms with van der Waals surface area (Å²) in [6.45, 7) is 8.55. The van der Waals surface area contributed by atoms with Gasteiger partial charge < -0.3 is 5.11 Å². The van der Waals surface area contributed by atoms with E-state index in [-0.39, 0.29) is 11.3 Å². The molecule has 4 heteroatoms. The van der Waals surface area contributed by atoms with E-state index in [0.29, 0.717) is 12.5 Å². The first-order valence-corrected chi connectivity index (χ1v) is 5.18. The lowest BCUT2D eigenvalue weighted by Crippen LogP contribution is -2.11. The third-order valence-corrected chi connectivity index (χ3v) is 2.65. The molecule has 1 rings (SSSR count). The molecule has 0 aliphatic heterocycles. The molecular formula is C11H19NO3. The van der Waals surface area contributed by atoms with Gasteiger partial charge in [-0.2, -0.15) is 0 Å². The molecule has 0 aromatic heterocycles. The first-order chi connectivity index (χ1) is 6.87. The summed E-state index contributed by atoms with van der Waals surface area (Å²) in [7, 11) is 0. The zero-order chi connectivity index (χ0) is 11.6. The number of hydrogen-bond donors (Lipinski definition) is 2. The van der Waals surface area contributed by atoms with Crippen LogP contribution in [0.15, 0.2) is 11.8 Å². The zero-order valence-corrected chi connectivity index (χ0v) is 9.70. The Hall–Kier alpha value is -1.03. The molecule has 1 atom stereocenters. The monoisotopic (exact) mass is 213 g/mol. The van der Waals surface area contributed by atoms with Crippen LogP contribution in [0.2, 0.25) is 0 Å². The first kappa shape index (κ1) is 12.0. The molecule has 86 valence electrons. The van der Waals surface area contributed by atoms with Crippen LogP contribution >= 0.6 is 0 Å². The van der Waals surface area contributed by atoms with Crippen LogP contribution in [0.5, 0.6) is 0 Å². The van der Waals surface area contributed by atoms with Crippen molar-refractivity contribution in [3.8, 4) is 0 Å². The summed E-state index contributed by atoms with van der Waals surface area (Å²) in [4.78, 5) is 16.0. The van der Waals surface area contributed by atoms with Crippen molar-refractivity contribution in [2.75, 3.05) is 6.61 Å². The van der Waals surface area contributed by atoms with Gasteiger partial charge in [-0.05, 0) is 11.5 Å². The van der Waals surface area contributed by atoms with Gasteiger partial charge in [0, 0.05) is 11.6 Å². The normalized spacial score (nSPS) is 25.7. The quantitative estimate of drug-likeness (QED) is 0.540. The molecular weight excluding hydrogens is 194 g/mol. The Labute approximate surface area is 90.3 Å². The van der Waals surface area contributed by atoms with Crippen LogP contribution in [0.25, 0.3) is 0 Å². The fraction of sp³-hybridized carbons (Fsp3) is 0.727. The van der Waals surface area contributed by atoms with Crippen LogP contribution in [-0.4, -0.2) is 17.7 Å². The molecule has 0 heterocycles. The SMILES string of the molecule is CC(C)CONC=C1[C@@H](C(=O)O)C1(C)C. The maximum absolute atomic E-state index is 10.8. The van der Waals surface area contributed by atoms with E-state index in [9.17, 15) is 4.79 Å². The van der Waals surface area contributed by atoms with Gasteiger partial charge >= 0.3 is 5.97 Å². The Balaban J connectivity index is 2.39. The number of hydroxylamine groups is 1. The summed E-state index contributed by atoms with van der Waals surface area (Å²) in [5.74, 6) is -0.678. The van der Waals surface area contributed by atoms with Crippen LogP contribution in [-0.2, 0) is 9.63 Å². The van der Waals surface area contributed by atoms with E-state index >= 15 is 0 Å². The molecule has 0 saturated heterocycles. The molecule has 0 unspecified atom stereocenters. The molecule has 2 N–H and O–H groups in total. The minimum absolute atomic E-state index is 0.236. The number of aliphatic carboxylic acids is 1. The van der Waals surface area contributed by atoms with Crippen molar-refractivity contribution in [3.05, 3.63) is 11.8 Å². The predicted octanol–water partition coefficient (Wildman–Crippen LogP) is 1.79. The summed E-state index contributed by atoms with van der Waals surface area (Å²) < 4.78 is 0. The third kappa shape index (κ3) is 2.72. The van der Waals surface area contributed by atoms with E-state index in [1.165, 1.54) is 0 Å². The predicted molar refractivity (Wildman–Crippen MR) is 56.9 cm³/mol. The fourth-order valence-corrected chi connectivity index (χ4v) is 1.61. The first-order valence-electron chi connectivity index (χ1n) is 5.18. The highest BCUT2D eigenvalue weighted by Gasteiger charge is 2.57. The van der Waals surface area contributed by atoms with Gasteiger partial charge in [-0.15, -0.1) is 0 Å². The number of hydrogen-bond acceptors (Lipinski definition) is 3. The molecule has 4 nitrogen and oxygen atoms in total. The van der Waals surface area contributed by atoms with Crippen molar-refractivity contribution >= 4 is 5.97 Å². The van der Waals surface area contributed by atoms with Crippen molar-refractivity contribution in [1.82, 2.24) is 5.48 Å². The second kappa shape index (κ2) is 4.23. The summed E-state index contributed by atoms with van der Waals surface area (Å²) in [6.07, 6.45) is 1.67. The number of carboxylic acids is 1. The molecule has 1 aliphatic carbocycles. The van der Waals surface area contributed by atoms with Crippen molar-refractivity contribution in [2.24, 2.45) is 17.3 Å². The van der Waals surface area contributed by atoms with E-state index in [0.717, 1.165) is 5.57 Å². The smallest absolute Gasteiger partial charge is 0.311 e. The lowest BCUT2D eigenvalue weighted by Gasteiger charge is -2.04. The van der Waals surface area contributed by atoms with Gasteiger partial charge in [-0.3, -0.25) is 15.1 Å². The Morgan fingerprint density at radius 2 is 2.27 bits per heavy atom. The average Bonchev–Trinajstić information content (AvgIpc) is 2.62. The Kier molecular flexibility index (Phi) is 3.39. The zero-order valence-electron chi connectivity index (χ0n) is 9.70. The summed E-state index contributed by atoms with van der Waals surface area (Å²) >= 11 is 0. The molecule has 0 spiro atoms. The Morgan fingerprint density at radius 1 is 1.67 bits per heavy atom. The van der Waals surface area contributed by atoms with Crippen LogP contribution < -0.4 is 5.48 Å². The Morgan fingerprint density at radius 3 is 2.67 bits per heavy atom. The van der Waals surface area contributed by atoms with Gasteiger partial charge in [0.25, 0.3) is 0 Å². The van der Waals surface area contributed by atoms with Crippen LogP contribution in [0, 0.1) is 17.3 Å². The van der Waals surface area contributed by atoms with Gasteiger partial charge in [0.1, 0.15) is 0 Å². The lowest BCUT2D eigenvalue weighted by atomic mass is 10.1. The largest absolute Gasteiger partial charge is 0.481 e. The molecule has 1 fully saturated rings. The van der Waals surface area contributed by atoms with E-state index in [2.05, 4.69) is 19.3 Å². The van der Waals surface area contributed by atoms with Crippen molar-refractivity contribution in [2.45, 2.75) is 27.7 Å². The van der Waals surface area contributed by atoms with Gasteiger partial charge in [0.2, 0.25) is 0 Å². The third-order valence-electron chi connectivity index (χ3n) is 2.65. The molecule has 0 radical (unpaired) electrons. The number of carbonyl (C=O) groups is 1. The van der Waals surface area contributed by atoms with Gasteiger partial charge in [-0.1, -0.05) is 27.7 Å². The van der Waals surface area contributed by atoms with E-state index < -0.39 is 5.97 Å². The van der Waals surface area contributed by atoms with Crippen LogP contribution in [0.1, 0.15) is 27.7 Å². The fourth-order valence-electron chi connectivity index (χ4n) is 1.61. The van der Waals surface area contributed by atoms with Gasteiger partial charge in [0.05, 0.1) is 12.5 Å². The van der Waals surface area contributed by atoms with Crippen molar-refractivity contribution in [3.63, 3.8) is 0 Å². The number of nitrogens with one attached hydrogen (secondary N) is 1. The summed E-state index contributed by atoms with van der Waals surface area (Å²) in [5.41, 5.74) is 3.35.